The van der Waals surface area contributed by atoms with E-state index in [9.17, 15) is 19.5 Å². The fourth-order valence-electron chi connectivity index (χ4n) is 2.54. The van der Waals surface area contributed by atoms with Crippen molar-refractivity contribution < 1.29 is 29.3 Å². The predicted molar refractivity (Wildman–Crippen MR) is 97.3 cm³/mol. The Balaban J connectivity index is 2.03. The molecule has 1 N–H and O–H groups in total. The molecule has 2 aromatic rings. The van der Waals surface area contributed by atoms with E-state index in [1.807, 2.05) is 0 Å². The number of carboxylic acid groups (broad SMARTS) is 1. The van der Waals surface area contributed by atoms with E-state index in [2.05, 4.69) is 0 Å². The molecule has 0 spiro atoms. The van der Waals surface area contributed by atoms with E-state index < -0.39 is 24.3 Å². The molecule has 1 aliphatic heterocycles. The lowest BCUT2D eigenvalue weighted by atomic mass is 10.1. The van der Waals surface area contributed by atoms with Crippen LogP contribution in [-0.4, -0.2) is 29.4 Å². The summed E-state index contributed by atoms with van der Waals surface area (Å²) in [5, 5.41) is 9.96. The number of halogens is 2. The van der Waals surface area contributed by atoms with E-state index in [4.69, 9.17) is 33.0 Å². The summed E-state index contributed by atoms with van der Waals surface area (Å²) in [6.07, 6.45) is -0.388. The monoisotopic (exact) mass is 409 g/mol. The highest BCUT2D eigenvalue weighted by atomic mass is 35.5. The van der Waals surface area contributed by atoms with Gasteiger partial charge in [-0.3, -0.25) is 9.59 Å². The number of benzene rings is 2. The molecule has 140 valence electrons. The fourth-order valence-corrected chi connectivity index (χ4v) is 2.86. The summed E-state index contributed by atoms with van der Waals surface area (Å²) in [7, 11) is 0. The summed E-state index contributed by atoms with van der Waals surface area (Å²) in [4.78, 5) is 47.0. The zero-order valence-electron chi connectivity index (χ0n) is 13.8. The number of aromatic carboxylic acids is 1. The Kier molecular flexibility index (Phi) is 5.65. The fraction of sp³-hybridized carbons (Fsp3) is 0.167. The van der Waals surface area contributed by atoms with Crippen molar-refractivity contribution in [3.8, 4) is 5.75 Å². The highest BCUT2D eigenvalue weighted by Gasteiger charge is 2.24. The van der Waals surface area contributed by atoms with Gasteiger partial charge in [-0.2, -0.15) is 4.89 Å². The first kappa shape index (κ1) is 19.2. The molecule has 1 amide bonds. The number of hydrogen-bond acceptors (Lipinski definition) is 5. The van der Waals surface area contributed by atoms with Gasteiger partial charge < -0.3 is 14.9 Å². The number of carbonyl (C=O) groups excluding carboxylic acids is 2. The van der Waals surface area contributed by atoms with Crippen LogP contribution in [0.3, 0.4) is 0 Å². The van der Waals surface area contributed by atoms with Gasteiger partial charge in [-0.25, -0.2) is 4.79 Å². The molecule has 1 aliphatic rings. The minimum Gasteiger partial charge on any atom is -0.478 e. The second-order valence-electron chi connectivity index (χ2n) is 5.77. The quantitative estimate of drug-likeness (QED) is 0.615. The van der Waals surface area contributed by atoms with Gasteiger partial charge in [0.05, 0.1) is 23.0 Å². The third-order valence-electron chi connectivity index (χ3n) is 3.85. The molecule has 0 radical (unpaired) electrons. The van der Waals surface area contributed by atoms with Gasteiger partial charge in [-0.05, 0) is 29.8 Å². The van der Waals surface area contributed by atoms with Crippen molar-refractivity contribution in [2.75, 3.05) is 11.5 Å². The summed E-state index contributed by atoms with van der Waals surface area (Å²) in [5.41, 5.74) is 0.876. The van der Waals surface area contributed by atoms with E-state index >= 15 is 0 Å². The van der Waals surface area contributed by atoms with E-state index in [1.54, 1.807) is 18.2 Å². The minimum absolute atomic E-state index is 0.107. The molecule has 7 nitrogen and oxygen atoms in total. The maximum absolute atomic E-state index is 12.7. The number of amides is 1. The van der Waals surface area contributed by atoms with Gasteiger partial charge in [0.25, 0.3) is 0 Å². The number of nitrogens with zero attached hydrogens (tertiary/aromatic N) is 1. The minimum atomic E-state index is -1.23. The lowest BCUT2D eigenvalue weighted by Crippen LogP contribution is -2.33. The normalized spacial score (nSPS) is 14.7. The van der Waals surface area contributed by atoms with Crippen LogP contribution in [0.1, 0.15) is 22.3 Å². The standard InChI is InChI=1S/C18H13Cl2NO6/c19-14-4-1-10(5-15(14)20)8-21-11-2-3-13(18(24)25)16(6-11)27-26-9-12(22)7-17(21)23/h1-6H,7-9H2,(H,24,25). The molecule has 0 unspecified atom stereocenters. The van der Waals surface area contributed by atoms with Crippen LogP contribution in [0.4, 0.5) is 5.69 Å². The molecule has 3 rings (SSSR count). The summed E-state index contributed by atoms with van der Waals surface area (Å²) in [5.74, 6) is -2.31. The molecule has 9 heteroatoms. The van der Waals surface area contributed by atoms with Crippen molar-refractivity contribution in [1.82, 2.24) is 0 Å². The van der Waals surface area contributed by atoms with Gasteiger partial charge in [-0.15, -0.1) is 0 Å². The Morgan fingerprint density at radius 2 is 1.89 bits per heavy atom. The molecule has 0 aromatic heterocycles. The van der Waals surface area contributed by atoms with Crippen molar-refractivity contribution in [1.29, 1.82) is 0 Å². The van der Waals surface area contributed by atoms with Crippen molar-refractivity contribution in [3.05, 3.63) is 57.6 Å². The van der Waals surface area contributed by atoms with Crippen LogP contribution < -0.4 is 9.79 Å². The van der Waals surface area contributed by atoms with Crippen molar-refractivity contribution in [3.63, 3.8) is 0 Å². The highest BCUT2D eigenvalue weighted by molar-refractivity contribution is 6.42. The zero-order chi connectivity index (χ0) is 19.6. The molecule has 27 heavy (non-hydrogen) atoms. The van der Waals surface area contributed by atoms with Gasteiger partial charge in [0.2, 0.25) is 5.91 Å². The van der Waals surface area contributed by atoms with Crippen LogP contribution in [0.5, 0.6) is 5.75 Å². The molecule has 1 heterocycles. The van der Waals surface area contributed by atoms with Crippen molar-refractivity contribution >= 4 is 46.5 Å². The lowest BCUT2D eigenvalue weighted by molar-refractivity contribution is -0.206. The number of ketones is 1. The van der Waals surface area contributed by atoms with E-state index in [0.29, 0.717) is 21.3 Å². The Labute approximate surface area is 163 Å². The smallest absolute Gasteiger partial charge is 0.339 e. The average Bonchev–Trinajstić information content (AvgIpc) is 2.61. The van der Waals surface area contributed by atoms with Crippen LogP contribution in [0.25, 0.3) is 0 Å². The number of carbonyl (C=O) groups is 3. The molecule has 0 saturated carbocycles. The van der Waals surface area contributed by atoms with Crippen molar-refractivity contribution in [2.45, 2.75) is 13.0 Å². The molecule has 0 saturated heterocycles. The SMILES string of the molecule is O=C1COOc2cc(ccc2C(=O)O)N(Cc2ccc(Cl)c(Cl)c2)C(=O)C1. The molecular formula is C18H13Cl2NO6. The second-order valence-corrected chi connectivity index (χ2v) is 6.59. The molecular weight excluding hydrogens is 397 g/mol. The summed E-state index contributed by atoms with van der Waals surface area (Å²) in [6, 6.07) is 9.05. The van der Waals surface area contributed by atoms with Gasteiger partial charge in [0.1, 0.15) is 5.56 Å². The number of fused-ring (bicyclic) bond motifs is 2. The maximum Gasteiger partial charge on any atom is 0.339 e. The van der Waals surface area contributed by atoms with E-state index in [-0.39, 0.29) is 24.3 Å². The molecule has 0 atom stereocenters. The van der Waals surface area contributed by atoms with Gasteiger partial charge in [0.15, 0.2) is 18.1 Å². The van der Waals surface area contributed by atoms with Crippen LogP contribution in [-0.2, 0) is 21.0 Å². The summed E-state index contributed by atoms with van der Waals surface area (Å²) >= 11 is 11.9. The van der Waals surface area contributed by atoms with Crippen LogP contribution in [0.15, 0.2) is 36.4 Å². The Bertz CT molecular complexity index is 930. The predicted octanol–water partition coefficient (Wildman–Crippen LogP) is 3.51. The molecule has 0 fully saturated rings. The second kappa shape index (κ2) is 7.96. The van der Waals surface area contributed by atoms with Gasteiger partial charge in [-0.1, -0.05) is 29.3 Å². The van der Waals surface area contributed by atoms with Crippen LogP contribution in [0, 0.1) is 0 Å². The largest absolute Gasteiger partial charge is 0.478 e. The first-order valence-corrected chi connectivity index (χ1v) is 8.53. The summed E-state index contributed by atoms with van der Waals surface area (Å²) < 4.78 is 0. The van der Waals surface area contributed by atoms with Crippen LogP contribution in [0.2, 0.25) is 10.0 Å². The zero-order valence-corrected chi connectivity index (χ0v) is 15.3. The molecule has 2 aromatic carbocycles. The van der Waals surface area contributed by atoms with Gasteiger partial charge >= 0.3 is 5.97 Å². The van der Waals surface area contributed by atoms with Crippen molar-refractivity contribution in [2.24, 2.45) is 0 Å². The Morgan fingerprint density at radius 1 is 1.11 bits per heavy atom. The first-order valence-electron chi connectivity index (χ1n) is 7.78. The molecule has 0 aliphatic carbocycles. The van der Waals surface area contributed by atoms with Gasteiger partial charge in [0, 0.05) is 11.8 Å². The number of Topliss-reactive ketones (excluding diaryl/α,β-unsaturated/α-hetero) is 1. The molecule has 2 bridgehead atoms. The maximum atomic E-state index is 12.7. The Morgan fingerprint density at radius 3 is 2.59 bits per heavy atom. The number of rotatable bonds is 3. The average molecular weight is 410 g/mol. The number of anilines is 1. The van der Waals surface area contributed by atoms with E-state index in [0.717, 1.165) is 0 Å². The lowest BCUT2D eigenvalue weighted by Gasteiger charge is -2.25. The highest BCUT2D eigenvalue weighted by Crippen LogP contribution is 2.30. The topological polar surface area (TPSA) is 93.1 Å². The third-order valence-corrected chi connectivity index (χ3v) is 4.59. The van der Waals surface area contributed by atoms with Crippen LogP contribution >= 0.6 is 23.2 Å². The number of carboxylic acids is 1. The summed E-state index contributed by atoms with van der Waals surface area (Å²) in [6.45, 7) is -0.370. The number of hydrogen-bond donors (Lipinski definition) is 1. The third kappa shape index (κ3) is 4.39. The Hall–Kier alpha value is -2.61. The first-order chi connectivity index (χ1) is 12.8. The van der Waals surface area contributed by atoms with E-state index in [1.165, 1.54) is 23.1 Å².